The zero-order valence-corrected chi connectivity index (χ0v) is 21.7. The number of methoxy groups -OCH3 is 2. The third kappa shape index (κ3) is 6.33. The predicted molar refractivity (Wildman–Crippen MR) is 144 cm³/mol. The van der Waals surface area contributed by atoms with Crippen molar-refractivity contribution in [1.82, 2.24) is 4.90 Å². The number of hydrogen-bond donors (Lipinski definition) is 1. The molecule has 0 aromatic heterocycles. The van der Waals surface area contributed by atoms with Gasteiger partial charge >= 0.3 is 0 Å². The largest absolute Gasteiger partial charge is 0.497 e. The van der Waals surface area contributed by atoms with Gasteiger partial charge in [-0.05, 0) is 67.4 Å². The normalized spacial score (nSPS) is 13.2. The van der Waals surface area contributed by atoms with Crippen molar-refractivity contribution in [3.63, 3.8) is 0 Å². The Morgan fingerprint density at radius 2 is 1.51 bits per heavy atom. The Morgan fingerprint density at radius 1 is 0.865 bits per heavy atom. The van der Waals surface area contributed by atoms with Gasteiger partial charge in [-0.3, -0.25) is 9.59 Å². The van der Waals surface area contributed by atoms with Crippen molar-refractivity contribution in [3.05, 3.63) is 77.4 Å². The number of rotatable bonds is 8. The molecule has 0 unspecified atom stereocenters. The van der Waals surface area contributed by atoms with E-state index in [9.17, 15) is 9.59 Å². The van der Waals surface area contributed by atoms with Gasteiger partial charge in [-0.2, -0.15) is 0 Å². The number of anilines is 2. The van der Waals surface area contributed by atoms with E-state index in [0.717, 1.165) is 16.8 Å². The highest BCUT2D eigenvalue weighted by molar-refractivity contribution is 5.95. The zero-order valence-electron chi connectivity index (χ0n) is 21.7. The van der Waals surface area contributed by atoms with E-state index in [1.165, 1.54) is 0 Å². The number of nitrogens with zero attached hydrogens (tertiary/aromatic N) is 2. The molecule has 1 aliphatic rings. The molecule has 1 heterocycles. The zero-order chi connectivity index (χ0) is 26.4. The van der Waals surface area contributed by atoms with Crippen molar-refractivity contribution in [2.75, 3.05) is 57.2 Å². The van der Waals surface area contributed by atoms with E-state index in [1.807, 2.05) is 61.2 Å². The van der Waals surface area contributed by atoms with Crippen LogP contribution in [-0.2, 0) is 4.79 Å². The van der Waals surface area contributed by atoms with Crippen LogP contribution in [0.15, 0.2) is 60.7 Å². The molecule has 0 aliphatic carbocycles. The first-order valence-corrected chi connectivity index (χ1v) is 12.2. The number of ether oxygens (including phenoxy) is 3. The van der Waals surface area contributed by atoms with Crippen LogP contribution < -0.4 is 24.4 Å². The molecule has 3 aromatic carbocycles. The van der Waals surface area contributed by atoms with Crippen molar-refractivity contribution in [1.29, 1.82) is 0 Å². The number of benzene rings is 3. The SMILES string of the molecule is COc1cc(OC)cc(C(=O)N2CCN(c3ccc(NC(=O)COc4cccc(C)c4C)cc3)CC2)c1. The summed E-state index contributed by atoms with van der Waals surface area (Å²) in [6.07, 6.45) is 0. The summed E-state index contributed by atoms with van der Waals surface area (Å²) in [5.74, 6) is 1.64. The molecule has 194 valence electrons. The molecule has 8 heteroatoms. The van der Waals surface area contributed by atoms with Crippen LogP contribution >= 0.6 is 0 Å². The Bertz CT molecular complexity index is 1230. The predicted octanol–water partition coefficient (Wildman–Crippen LogP) is 4.30. The Morgan fingerprint density at radius 3 is 2.14 bits per heavy atom. The number of carbonyl (C=O) groups excluding carboxylic acids is 2. The number of hydrogen-bond acceptors (Lipinski definition) is 6. The maximum atomic E-state index is 13.1. The van der Waals surface area contributed by atoms with Gasteiger partial charge in [0.05, 0.1) is 14.2 Å². The van der Waals surface area contributed by atoms with Gasteiger partial charge in [0.1, 0.15) is 17.2 Å². The summed E-state index contributed by atoms with van der Waals surface area (Å²) >= 11 is 0. The lowest BCUT2D eigenvalue weighted by atomic mass is 10.1. The summed E-state index contributed by atoms with van der Waals surface area (Å²) in [5.41, 5.74) is 4.45. The molecule has 4 rings (SSSR count). The quantitative estimate of drug-likeness (QED) is 0.494. The Hall–Kier alpha value is -4.20. The molecule has 3 aromatic rings. The molecule has 1 N–H and O–H groups in total. The Kier molecular flexibility index (Phi) is 8.18. The lowest BCUT2D eigenvalue weighted by molar-refractivity contribution is -0.118. The molecule has 0 bridgehead atoms. The van der Waals surface area contributed by atoms with Crippen molar-refractivity contribution in [2.45, 2.75) is 13.8 Å². The summed E-state index contributed by atoms with van der Waals surface area (Å²) < 4.78 is 16.3. The van der Waals surface area contributed by atoms with Gasteiger partial charge in [-0.25, -0.2) is 0 Å². The van der Waals surface area contributed by atoms with Gasteiger partial charge in [0.25, 0.3) is 11.8 Å². The summed E-state index contributed by atoms with van der Waals surface area (Å²) in [4.78, 5) is 29.5. The van der Waals surface area contributed by atoms with E-state index in [0.29, 0.717) is 54.7 Å². The molecular weight excluding hydrogens is 470 g/mol. The number of piperazine rings is 1. The van der Waals surface area contributed by atoms with E-state index in [4.69, 9.17) is 14.2 Å². The fraction of sp³-hybridized carbons (Fsp3) is 0.310. The van der Waals surface area contributed by atoms with Crippen LogP contribution in [0.2, 0.25) is 0 Å². The minimum Gasteiger partial charge on any atom is -0.497 e. The molecule has 1 saturated heterocycles. The monoisotopic (exact) mass is 503 g/mol. The standard InChI is InChI=1S/C29H33N3O5/c1-20-6-5-7-27(21(20)2)37-19-28(33)30-23-8-10-24(11-9-23)31-12-14-32(15-13-31)29(34)22-16-25(35-3)18-26(17-22)36-4/h5-11,16-18H,12-15,19H2,1-4H3,(H,30,33). The van der Waals surface area contributed by atoms with Gasteiger partial charge in [-0.15, -0.1) is 0 Å². The molecular formula is C29H33N3O5. The highest BCUT2D eigenvalue weighted by atomic mass is 16.5. The van der Waals surface area contributed by atoms with Gasteiger partial charge in [0, 0.05) is 49.2 Å². The smallest absolute Gasteiger partial charge is 0.262 e. The summed E-state index contributed by atoms with van der Waals surface area (Å²) in [6.45, 7) is 6.57. The van der Waals surface area contributed by atoms with E-state index >= 15 is 0 Å². The third-order valence-corrected chi connectivity index (χ3v) is 6.60. The Labute approximate surface area is 217 Å². The maximum absolute atomic E-state index is 13.1. The molecule has 0 atom stereocenters. The number of carbonyl (C=O) groups is 2. The van der Waals surface area contributed by atoms with Crippen molar-refractivity contribution >= 4 is 23.2 Å². The fourth-order valence-electron chi connectivity index (χ4n) is 4.26. The van der Waals surface area contributed by atoms with E-state index in [-0.39, 0.29) is 18.4 Å². The number of nitrogens with one attached hydrogen (secondary N) is 1. The van der Waals surface area contributed by atoms with Gasteiger partial charge < -0.3 is 29.3 Å². The van der Waals surface area contributed by atoms with Crippen LogP contribution in [0.25, 0.3) is 0 Å². The molecule has 2 amide bonds. The molecule has 1 aliphatic heterocycles. The highest BCUT2D eigenvalue weighted by Gasteiger charge is 2.23. The first kappa shape index (κ1) is 25.9. The van der Waals surface area contributed by atoms with Crippen LogP contribution in [0, 0.1) is 13.8 Å². The first-order valence-electron chi connectivity index (χ1n) is 12.2. The first-order chi connectivity index (χ1) is 17.9. The summed E-state index contributed by atoms with van der Waals surface area (Å²) in [6, 6.07) is 18.7. The molecule has 0 radical (unpaired) electrons. The average Bonchev–Trinajstić information content (AvgIpc) is 2.93. The average molecular weight is 504 g/mol. The molecule has 0 spiro atoms. The van der Waals surface area contributed by atoms with Crippen LogP contribution in [0.3, 0.4) is 0 Å². The topological polar surface area (TPSA) is 80.3 Å². The van der Waals surface area contributed by atoms with Crippen molar-refractivity contribution in [2.24, 2.45) is 0 Å². The maximum Gasteiger partial charge on any atom is 0.262 e. The van der Waals surface area contributed by atoms with Crippen LogP contribution in [0.1, 0.15) is 21.5 Å². The van der Waals surface area contributed by atoms with Crippen LogP contribution in [0.5, 0.6) is 17.2 Å². The van der Waals surface area contributed by atoms with Crippen LogP contribution in [0.4, 0.5) is 11.4 Å². The fourth-order valence-corrected chi connectivity index (χ4v) is 4.26. The summed E-state index contributed by atoms with van der Waals surface area (Å²) in [7, 11) is 3.14. The van der Waals surface area contributed by atoms with Gasteiger partial charge in [-0.1, -0.05) is 12.1 Å². The minimum atomic E-state index is -0.213. The lowest BCUT2D eigenvalue weighted by Gasteiger charge is -2.36. The third-order valence-electron chi connectivity index (χ3n) is 6.60. The lowest BCUT2D eigenvalue weighted by Crippen LogP contribution is -2.48. The second-order valence-electron chi connectivity index (χ2n) is 8.96. The second-order valence-corrected chi connectivity index (χ2v) is 8.96. The van der Waals surface area contributed by atoms with Gasteiger partial charge in [0.15, 0.2) is 6.61 Å². The molecule has 1 fully saturated rings. The Balaban J connectivity index is 1.29. The minimum absolute atomic E-state index is 0.0435. The molecule has 0 saturated carbocycles. The van der Waals surface area contributed by atoms with Gasteiger partial charge in [0.2, 0.25) is 0 Å². The van der Waals surface area contributed by atoms with E-state index < -0.39 is 0 Å². The summed E-state index contributed by atoms with van der Waals surface area (Å²) in [5, 5.41) is 2.88. The number of aryl methyl sites for hydroxylation is 1. The molecule has 8 nitrogen and oxygen atoms in total. The van der Waals surface area contributed by atoms with E-state index in [2.05, 4.69) is 10.2 Å². The van der Waals surface area contributed by atoms with Crippen LogP contribution in [-0.4, -0.2) is 63.7 Å². The number of amides is 2. The van der Waals surface area contributed by atoms with E-state index in [1.54, 1.807) is 32.4 Å². The second kappa shape index (κ2) is 11.7. The van der Waals surface area contributed by atoms with Crippen molar-refractivity contribution < 1.29 is 23.8 Å². The highest BCUT2D eigenvalue weighted by Crippen LogP contribution is 2.25. The molecule has 37 heavy (non-hydrogen) atoms. The van der Waals surface area contributed by atoms with Crippen molar-refractivity contribution in [3.8, 4) is 17.2 Å².